The first kappa shape index (κ1) is 13.3. The van der Waals surface area contributed by atoms with Crippen LogP contribution in [0.3, 0.4) is 0 Å². The van der Waals surface area contributed by atoms with Crippen molar-refractivity contribution in [2.75, 3.05) is 25.5 Å². The molecule has 0 spiro atoms. The Morgan fingerprint density at radius 1 is 1.35 bits per heavy atom. The van der Waals surface area contributed by atoms with Crippen molar-refractivity contribution >= 4 is 5.69 Å². The van der Waals surface area contributed by atoms with E-state index in [0.29, 0.717) is 11.6 Å². The molecule has 2 unspecified atom stereocenters. The Morgan fingerprint density at radius 3 is 3.05 bits per heavy atom. The number of piperidine rings is 1. The quantitative estimate of drug-likeness (QED) is 0.918. The minimum absolute atomic E-state index is 0.442. The van der Waals surface area contributed by atoms with Crippen molar-refractivity contribution in [1.29, 1.82) is 5.26 Å². The zero-order valence-electron chi connectivity index (χ0n) is 11.9. The summed E-state index contributed by atoms with van der Waals surface area (Å²) in [6.07, 6.45) is 4.95. The van der Waals surface area contributed by atoms with Gasteiger partial charge < -0.3 is 15.0 Å². The summed E-state index contributed by atoms with van der Waals surface area (Å²) in [5.41, 5.74) is 1.52. The number of anilines is 1. The minimum Gasteiger partial charge on any atom is -0.495 e. The van der Waals surface area contributed by atoms with Gasteiger partial charge in [-0.05, 0) is 44.4 Å². The van der Waals surface area contributed by atoms with Crippen molar-refractivity contribution in [2.45, 2.75) is 37.8 Å². The van der Waals surface area contributed by atoms with Gasteiger partial charge in [0, 0.05) is 18.6 Å². The highest BCUT2D eigenvalue weighted by Crippen LogP contribution is 2.33. The van der Waals surface area contributed by atoms with Crippen molar-refractivity contribution in [3.05, 3.63) is 23.8 Å². The summed E-state index contributed by atoms with van der Waals surface area (Å²) < 4.78 is 5.39. The molecule has 0 aliphatic carbocycles. The molecule has 2 fully saturated rings. The molecule has 2 saturated heterocycles. The van der Waals surface area contributed by atoms with E-state index >= 15 is 0 Å². The largest absolute Gasteiger partial charge is 0.495 e. The molecule has 1 aromatic rings. The fourth-order valence-corrected chi connectivity index (χ4v) is 3.50. The monoisotopic (exact) mass is 271 g/mol. The fourth-order valence-electron chi connectivity index (χ4n) is 3.50. The first-order valence-electron chi connectivity index (χ1n) is 7.39. The topological polar surface area (TPSA) is 48.3 Å². The van der Waals surface area contributed by atoms with E-state index in [-0.39, 0.29) is 0 Å². The molecule has 4 nitrogen and oxygen atoms in total. The molecule has 0 bridgehead atoms. The van der Waals surface area contributed by atoms with Gasteiger partial charge in [-0.25, -0.2) is 0 Å². The maximum Gasteiger partial charge on any atom is 0.143 e. The molecule has 106 valence electrons. The second-order valence-electron chi connectivity index (χ2n) is 5.69. The van der Waals surface area contributed by atoms with Crippen molar-refractivity contribution in [1.82, 2.24) is 4.90 Å². The number of benzene rings is 1. The van der Waals surface area contributed by atoms with Crippen LogP contribution in [0.5, 0.6) is 5.75 Å². The summed E-state index contributed by atoms with van der Waals surface area (Å²) >= 11 is 0. The molecular weight excluding hydrogens is 250 g/mol. The summed E-state index contributed by atoms with van der Waals surface area (Å²) in [4.78, 5) is 2.60. The predicted octanol–water partition coefficient (Wildman–Crippen LogP) is 2.61. The number of nitrogens with one attached hydrogen (secondary N) is 1. The lowest BCUT2D eigenvalue weighted by Crippen LogP contribution is -2.42. The molecule has 0 aromatic heterocycles. The lowest BCUT2D eigenvalue weighted by molar-refractivity contribution is 0.188. The number of nitriles is 1. The van der Waals surface area contributed by atoms with Crippen LogP contribution in [0.1, 0.15) is 31.2 Å². The van der Waals surface area contributed by atoms with Gasteiger partial charge >= 0.3 is 0 Å². The van der Waals surface area contributed by atoms with E-state index in [2.05, 4.69) is 16.3 Å². The molecule has 0 radical (unpaired) electrons. The summed E-state index contributed by atoms with van der Waals surface area (Å²) in [5, 5.41) is 12.8. The van der Waals surface area contributed by atoms with Crippen molar-refractivity contribution < 1.29 is 4.74 Å². The normalized spacial score (nSPS) is 25.8. The van der Waals surface area contributed by atoms with Crippen LogP contribution in [0.2, 0.25) is 0 Å². The van der Waals surface area contributed by atoms with Crippen LogP contribution >= 0.6 is 0 Å². The van der Waals surface area contributed by atoms with E-state index in [0.717, 1.165) is 23.9 Å². The number of hydrogen-bond acceptors (Lipinski definition) is 4. The molecule has 20 heavy (non-hydrogen) atoms. The standard InChI is InChI=1S/C16H21N3O/c1-20-15-6-2-4-12(11-17)16(15)18-13-7-9-19-8-3-5-14(19)10-13/h2,4,6,13-14,18H,3,5,7-10H2,1H3. The summed E-state index contributed by atoms with van der Waals surface area (Å²) in [7, 11) is 1.65. The van der Waals surface area contributed by atoms with Gasteiger partial charge in [-0.1, -0.05) is 6.07 Å². The first-order chi connectivity index (χ1) is 9.81. The molecule has 1 N–H and O–H groups in total. The Kier molecular flexibility index (Phi) is 3.79. The molecule has 1 aromatic carbocycles. The second kappa shape index (κ2) is 5.72. The molecule has 2 aliphatic rings. The van der Waals surface area contributed by atoms with E-state index in [1.165, 1.54) is 32.4 Å². The van der Waals surface area contributed by atoms with E-state index in [1.54, 1.807) is 7.11 Å². The van der Waals surface area contributed by atoms with Gasteiger partial charge in [0.1, 0.15) is 11.8 Å². The molecular formula is C16H21N3O. The van der Waals surface area contributed by atoms with E-state index < -0.39 is 0 Å². The van der Waals surface area contributed by atoms with Crippen molar-refractivity contribution in [3.8, 4) is 11.8 Å². The fraction of sp³-hybridized carbons (Fsp3) is 0.562. The van der Waals surface area contributed by atoms with Crippen LogP contribution in [0, 0.1) is 11.3 Å². The van der Waals surface area contributed by atoms with Gasteiger partial charge in [-0.15, -0.1) is 0 Å². The minimum atomic E-state index is 0.442. The van der Waals surface area contributed by atoms with Gasteiger partial charge in [-0.3, -0.25) is 0 Å². The second-order valence-corrected chi connectivity index (χ2v) is 5.69. The molecule has 0 saturated carbocycles. The average molecular weight is 271 g/mol. The number of nitrogens with zero attached hydrogens (tertiary/aromatic N) is 2. The predicted molar refractivity (Wildman–Crippen MR) is 78.9 cm³/mol. The Hall–Kier alpha value is -1.73. The highest BCUT2D eigenvalue weighted by Gasteiger charge is 2.32. The van der Waals surface area contributed by atoms with Crippen molar-refractivity contribution in [3.63, 3.8) is 0 Å². The number of rotatable bonds is 3. The van der Waals surface area contributed by atoms with Crippen LogP contribution in [-0.4, -0.2) is 37.2 Å². The maximum atomic E-state index is 9.26. The van der Waals surface area contributed by atoms with Gasteiger partial charge in [-0.2, -0.15) is 5.26 Å². The number of ether oxygens (including phenoxy) is 1. The Morgan fingerprint density at radius 2 is 2.25 bits per heavy atom. The average Bonchev–Trinajstić information content (AvgIpc) is 2.95. The summed E-state index contributed by atoms with van der Waals surface area (Å²) in [6.45, 7) is 2.43. The highest BCUT2D eigenvalue weighted by molar-refractivity contribution is 5.66. The van der Waals surface area contributed by atoms with E-state index in [9.17, 15) is 5.26 Å². The maximum absolute atomic E-state index is 9.26. The number of fused-ring (bicyclic) bond motifs is 1. The molecule has 4 heteroatoms. The van der Waals surface area contributed by atoms with Crippen LogP contribution < -0.4 is 10.1 Å². The Balaban J connectivity index is 1.76. The van der Waals surface area contributed by atoms with Crippen LogP contribution in [-0.2, 0) is 0 Å². The van der Waals surface area contributed by atoms with Crippen LogP contribution in [0.25, 0.3) is 0 Å². The smallest absolute Gasteiger partial charge is 0.143 e. The zero-order valence-corrected chi connectivity index (χ0v) is 11.9. The summed E-state index contributed by atoms with van der Waals surface area (Å²) in [6, 6.07) is 9.04. The van der Waals surface area contributed by atoms with Gasteiger partial charge in [0.2, 0.25) is 0 Å². The van der Waals surface area contributed by atoms with Crippen LogP contribution in [0.4, 0.5) is 5.69 Å². The lowest BCUT2D eigenvalue weighted by Gasteiger charge is -2.35. The number of methoxy groups -OCH3 is 1. The molecule has 2 heterocycles. The molecule has 2 aliphatic heterocycles. The Bertz CT molecular complexity index is 523. The highest BCUT2D eigenvalue weighted by atomic mass is 16.5. The van der Waals surface area contributed by atoms with Crippen LogP contribution in [0.15, 0.2) is 18.2 Å². The third-order valence-electron chi connectivity index (χ3n) is 4.54. The first-order valence-corrected chi connectivity index (χ1v) is 7.39. The zero-order chi connectivity index (χ0) is 13.9. The van der Waals surface area contributed by atoms with Gasteiger partial charge in [0.25, 0.3) is 0 Å². The van der Waals surface area contributed by atoms with E-state index in [4.69, 9.17) is 4.74 Å². The van der Waals surface area contributed by atoms with Gasteiger partial charge in [0.15, 0.2) is 0 Å². The lowest BCUT2D eigenvalue weighted by atomic mass is 9.97. The molecule has 3 rings (SSSR count). The van der Waals surface area contributed by atoms with Crippen molar-refractivity contribution in [2.24, 2.45) is 0 Å². The molecule has 2 atom stereocenters. The van der Waals surface area contributed by atoms with Gasteiger partial charge in [0.05, 0.1) is 18.4 Å². The summed E-state index contributed by atoms with van der Waals surface area (Å²) in [5.74, 6) is 0.762. The third-order valence-corrected chi connectivity index (χ3v) is 4.54. The molecule has 0 amide bonds. The Labute approximate surface area is 120 Å². The third kappa shape index (κ3) is 2.46. The SMILES string of the molecule is COc1cccc(C#N)c1NC1CCN2CCCC2C1. The number of hydrogen-bond donors (Lipinski definition) is 1. The number of para-hydroxylation sites is 1. The van der Waals surface area contributed by atoms with E-state index in [1.807, 2.05) is 18.2 Å².